The van der Waals surface area contributed by atoms with E-state index < -0.39 is 0 Å². The molecule has 1 heterocycles. The van der Waals surface area contributed by atoms with E-state index in [-0.39, 0.29) is 0 Å². The molecule has 0 fully saturated rings. The van der Waals surface area contributed by atoms with Crippen LogP contribution in [0.1, 0.15) is 22.3 Å². The summed E-state index contributed by atoms with van der Waals surface area (Å²) >= 11 is 0. The molecular formula is C24H32O6. The van der Waals surface area contributed by atoms with Crippen LogP contribution in [0.3, 0.4) is 0 Å². The van der Waals surface area contributed by atoms with Crippen molar-refractivity contribution in [1.82, 2.24) is 0 Å². The molecule has 3 rings (SSSR count). The van der Waals surface area contributed by atoms with Crippen LogP contribution in [0.4, 0.5) is 0 Å². The van der Waals surface area contributed by atoms with E-state index in [9.17, 15) is 0 Å². The van der Waals surface area contributed by atoms with Crippen LogP contribution in [0.2, 0.25) is 0 Å². The highest BCUT2D eigenvalue weighted by Gasteiger charge is 2.01. The Morgan fingerprint density at radius 3 is 0.933 bits per heavy atom. The summed E-state index contributed by atoms with van der Waals surface area (Å²) in [4.78, 5) is 0. The zero-order valence-corrected chi connectivity index (χ0v) is 17.6. The molecule has 2 aromatic rings. The van der Waals surface area contributed by atoms with Crippen molar-refractivity contribution in [3.63, 3.8) is 0 Å². The van der Waals surface area contributed by atoms with Crippen molar-refractivity contribution in [2.45, 2.75) is 26.4 Å². The van der Waals surface area contributed by atoms with Gasteiger partial charge < -0.3 is 28.4 Å². The third-order valence-corrected chi connectivity index (χ3v) is 4.55. The number of benzene rings is 2. The molecule has 0 saturated heterocycles. The van der Waals surface area contributed by atoms with Gasteiger partial charge in [-0.05, 0) is 22.3 Å². The van der Waals surface area contributed by atoms with Gasteiger partial charge in [0.2, 0.25) is 0 Å². The molecule has 0 amide bonds. The van der Waals surface area contributed by atoms with Crippen LogP contribution in [0, 0.1) is 0 Å². The summed E-state index contributed by atoms with van der Waals surface area (Å²) in [6.45, 7) is 6.69. The molecule has 164 valence electrons. The predicted molar refractivity (Wildman–Crippen MR) is 113 cm³/mol. The lowest BCUT2D eigenvalue weighted by molar-refractivity contribution is 0.00538. The maximum atomic E-state index is 5.70. The van der Waals surface area contributed by atoms with Crippen LogP contribution in [0.5, 0.6) is 0 Å². The summed E-state index contributed by atoms with van der Waals surface area (Å²) in [7, 11) is 0. The third kappa shape index (κ3) is 9.34. The van der Waals surface area contributed by atoms with Crippen molar-refractivity contribution in [3.8, 4) is 0 Å². The maximum Gasteiger partial charge on any atom is 0.0718 e. The van der Waals surface area contributed by atoms with Crippen LogP contribution in [0.25, 0.3) is 0 Å². The van der Waals surface area contributed by atoms with E-state index in [1.165, 1.54) is 0 Å². The zero-order chi connectivity index (χ0) is 20.7. The highest BCUT2D eigenvalue weighted by molar-refractivity contribution is 5.23. The molecule has 0 spiro atoms. The largest absolute Gasteiger partial charge is 0.377 e. The summed E-state index contributed by atoms with van der Waals surface area (Å²) in [5.74, 6) is 0. The Balaban J connectivity index is 1.45. The molecular weight excluding hydrogens is 384 g/mol. The first-order valence-corrected chi connectivity index (χ1v) is 10.5. The van der Waals surface area contributed by atoms with E-state index >= 15 is 0 Å². The number of fused-ring (bicyclic) bond motifs is 4. The lowest BCUT2D eigenvalue weighted by Crippen LogP contribution is -2.10. The second-order valence-corrected chi connectivity index (χ2v) is 7.07. The first-order chi connectivity index (χ1) is 14.9. The first-order valence-electron chi connectivity index (χ1n) is 10.5. The number of rotatable bonds is 0. The molecule has 2 aromatic carbocycles. The topological polar surface area (TPSA) is 55.4 Å². The van der Waals surface area contributed by atoms with Crippen molar-refractivity contribution in [1.29, 1.82) is 0 Å². The minimum absolute atomic E-state index is 0.555. The third-order valence-electron chi connectivity index (χ3n) is 4.55. The predicted octanol–water partition coefficient (Wildman–Crippen LogP) is 3.50. The van der Waals surface area contributed by atoms with Crippen molar-refractivity contribution >= 4 is 0 Å². The molecule has 6 heteroatoms. The number of ether oxygens (including phenoxy) is 6. The standard InChI is InChI=1S/C24H32O6/c1-3-21-15-22(4-1)18-28-12-8-26-10-14-30-20-24-6-2-5-23(16-24)19-29-13-9-25-7-11-27-17-21/h1-6,15-16H,7-14,17-20H2. The van der Waals surface area contributed by atoms with Crippen LogP contribution in [-0.2, 0) is 54.8 Å². The molecule has 0 saturated carbocycles. The van der Waals surface area contributed by atoms with Gasteiger partial charge in [-0.15, -0.1) is 0 Å². The van der Waals surface area contributed by atoms with Gasteiger partial charge in [-0.1, -0.05) is 48.5 Å². The summed E-state index contributed by atoms with van der Waals surface area (Å²) in [6.07, 6.45) is 0. The van der Waals surface area contributed by atoms with Crippen LogP contribution >= 0.6 is 0 Å². The van der Waals surface area contributed by atoms with E-state index in [0.717, 1.165) is 22.3 Å². The minimum Gasteiger partial charge on any atom is -0.377 e. The second-order valence-electron chi connectivity index (χ2n) is 7.07. The molecule has 0 unspecified atom stereocenters. The highest BCUT2D eigenvalue weighted by Crippen LogP contribution is 2.09. The zero-order valence-electron chi connectivity index (χ0n) is 17.6. The Bertz CT molecular complexity index is 608. The Labute approximate surface area is 179 Å². The fourth-order valence-electron chi connectivity index (χ4n) is 3.05. The second kappa shape index (κ2) is 14.2. The van der Waals surface area contributed by atoms with Crippen LogP contribution in [-0.4, -0.2) is 52.9 Å². The monoisotopic (exact) mass is 416 g/mol. The molecule has 0 radical (unpaired) electrons. The summed E-state index contributed by atoms with van der Waals surface area (Å²) in [6, 6.07) is 16.5. The fourth-order valence-corrected chi connectivity index (χ4v) is 3.05. The molecule has 1 aliphatic heterocycles. The van der Waals surface area contributed by atoms with E-state index in [1.807, 2.05) is 12.1 Å². The summed E-state index contributed by atoms with van der Waals surface area (Å²) < 4.78 is 34.0. The molecule has 6 nitrogen and oxygen atoms in total. The van der Waals surface area contributed by atoms with Crippen molar-refractivity contribution in [2.75, 3.05) is 52.9 Å². The van der Waals surface area contributed by atoms with Gasteiger partial charge in [-0.3, -0.25) is 0 Å². The molecule has 4 bridgehead atoms. The first kappa shape index (κ1) is 22.9. The Morgan fingerprint density at radius 2 is 0.633 bits per heavy atom. The summed E-state index contributed by atoms with van der Waals surface area (Å²) in [5.41, 5.74) is 4.52. The molecule has 30 heavy (non-hydrogen) atoms. The van der Waals surface area contributed by atoms with Gasteiger partial charge >= 0.3 is 0 Å². The van der Waals surface area contributed by atoms with Crippen molar-refractivity contribution in [2.24, 2.45) is 0 Å². The van der Waals surface area contributed by atoms with Crippen molar-refractivity contribution in [3.05, 3.63) is 70.8 Å². The van der Waals surface area contributed by atoms with E-state index in [1.54, 1.807) is 0 Å². The van der Waals surface area contributed by atoms with Crippen molar-refractivity contribution < 1.29 is 28.4 Å². The Hall–Kier alpha value is -1.80. The minimum atomic E-state index is 0.555. The van der Waals surface area contributed by atoms with Gasteiger partial charge in [0.1, 0.15) is 0 Å². The lowest BCUT2D eigenvalue weighted by Gasteiger charge is -2.10. The average molecular weight is 417 g/mol. The van der Waals surface area contributed by atoms with E-state index in [4.69, 9.17) is 28.4 Å². The van der Waals surface area contributed by atoms with Crippen LogP contribution in [0.15, 0.2) is 48.5 Å². The number of hydrogen-bond donors (Lipinski definition) is 0. The number of hydrogen-bond acceptors (Lipinski definition) is 6. The smallest absolute Gasteiger partial charge is 0.0718 e. The average Bonchev–Trinajstić information content (AvgIpc) is 2.77. The maximum absolute atomic E-state index is 5.70. The van der Waals surface area contributed by atoms with Gasteiger partial charge in [0.25, 0.3) is 0 Å². The van der Waals surface area contributed by atoms with Gasteiger partial charge in [-0.2, -0.15) is 0 Å². The quantitative estimate of drug-likeness (QED) is 0.655. The van der Waals surface area contributed by atoms with Gasteiger partial charge in [0.05, 0.1) is 79.3 Å². The van der Waals surface area contributed by atoms with Crippen LogP contribution < -0.4 is 0 Å². The summed E-state index contributed by atoms with van der Waals surface area (Å²) in [5, 5.41) is 0. The Kier molecular flexibility index (Phi) is 10.9. The van der Waals surface area contributed by atoms with Gasteiger partial charge in [0.15, 0.2) is 0 Å². The SMILES string of the molecule is c1cc2cc(c1)COCCOCCOCc1cccc(c1)COCCOCCOC2. The van der Waals surface area contributed by atoms with Gasteiger partial charge in [0, 0.05) is 0 Å². The normalized spacial score (nSPS) is 18.9. The molecule has 0 aromatic heterocycles. The fraction of sp³-hybridized carbons (Fsp3) is 0.500. The molecule has 1 aliphatic rings. The Morgan fingerprint density at radius 1 is 0.367 bits per heavy atom. The van der Waals surface area contributed by atoms with E-state index in [2.05, 4.69) is 36.4 Å². The molecule has 0 N–H and O–H groups in total. The van der Waals surface area contributed by atoms with Gasteiger partial charge in [-0.25, -0.2) is 0 Å². The van der Waals surface area contributed by atoms with E-state index in [0.29, 0.717) is 79.3 Å². The molecule has 0 atom stereocenters. The highest BCUT2D eigenvalue weighted by atomic mass is 16.5. The lowest BCUT2D eigenvalue weighted by atomic mass is 10.1. The molecule has 0 aliphatic carbocycles.